The van der Waals surface area contributed by atoms with Gasteiger partial charge in [-0.25, -0.2) is 0 Å². The van der Waals surface area contributed by atoms with Crippen molar-refractivity contribution >= 4 is 11.6 Å². The Morgan fingerprint density at radius 1 is 1.00 bits per heavy atom. The summed E-state index contributed by atoms with van der Waals surface area (Å²) in [7, 11) is 0. The van der Waals surface area contributed by atoms with Crippen LogP contribution < -0.4 is 10.6 Å². The second kappa shape index (κ2) is 7.04. The van der Waals surface area contributed by atoms with E-state index in [9.17, 15) is 4.79 Å². The van der Waals surface area contributed by atoms with Crippen LogP contribution in [0.4, 0.5) is 5.69 Å². The van der Waals surface area contributed by atoms with Gasteiger partial charge in [-0.3, -0.25) is 4.79 Å². The topological polar surface area (TPSA) is 46.3 Å². The third-order valence-electron chi connectivity index (χ3n) is 3.58. The Hall–Kier alpha value is -2.13. The maximum absolute atomic E-state index is 12.5. The van der Waals surface area contributed by atoms with Gasteiger partial charge in [0.05, 0.1) is 6.42 Å². The van der Waals surface area contributed by atoms with Crippen molar-refractivity contribution in [1.82, 2.24) is 0 Å². The molecule has 2 rings (SSSR count). The number of carbonyl (C=O) groups excluding carboxylic acids is 1. The molecule has 2 aromatic carbocycles. The van der Waals surface area contributed by atoms with E-state index in [0.717, 1.165) is 16.8 Å². The van der Waals surface area contributed by atoms with Gasteiger partial charge in [-0.2, -0.15) is 0 Å². The monoisotopic (exact) mass is 282 g/mol. The Labute approximate surface area is 126 Å². The standard InChI is InChI=1S/C18H22N2O/c1-3-20(17-10-8-16(13-19)9-11-17)18(21)12-15-6-4-14(2)5-7-15/h4-11H,3,12-13,19H2,1-2H3. The lowest BCUT2D eigenvalue weighted by molar-refractivity contribution is -0.117. The number of aryl methyl sites for hydroxylation is 1. The van der Waals surface area contributed by atoms with Crippen LogP contribution in [0.5, 0.6) is 0 Å². The van der Waals surface area contributed by atoms with Crippen molar-refractivity contribution in [3.63, 3.8) is 0 Å². The number of anilines is 1. The Kier molecular flexibility index (Phi) is 5.12. The lowest BCUT2D eigenvalue weighted by atomic mass is 10.1. The van der Waals surface area contributed by atoms with Crippen LogP contribution in [0.25, 0.3) is 0 Å². The first-order chi connectivity index (χ1) is 10.1. The van der Waals surface area contributed by atoms with Gasteiger partial charge in [-0.1, -0.05) is 42.0 Å². The Morgan fingerprint density at radius 3 is 2.10 bits per heavy atom. The fourth-order valence-electron chi connectivity index (χ4n) is 2.29. The van der Waals surface area contributed by atoms with E-state index in [-0.39, 0.29) is 5.91 Å². The zero-order chi connectivity index (χ0) is 15.2. The molecule has 0 atom stereocenters. The van der Waals surface area contributed by atoms with Crippen LogP contribution in [0.1, 0.15) is 23.6 Å². The predicted octanol–water partition coefficient (Wildman–Crippen LogP) is 3.05. The summed E-state index contributed by atoms with van der Waals surface area (Å²) in [4.78, 5) is 14.3. The molecular formula is C18H22N2O. The van der Waals surface area contributed by atoms with Gasteiger partial charge in [0.25, 0.3) is 0 Å². The highest BCUT2D eigenvalue weighted by Crippen LogP contribution is 2.17. The first-order valence-corrected chi connectivity index (χ1v) is 7.29. The number of benzene rings is 2. The quantitative estimate of drug-likeness (QED) is 0.916. The van der Waals surface area contributed by atoms with Gasteiger partial charge in [0.15, 0.2) is 0 Å². The zero-order valence-corrected chi connectivity index (χ0v) is 12.7. The molecule has 0 aliphatic carbocycles. The molecule has 0 aliphatic rings. The molecule has 0 heterocycles. The van der Waals surface area contributed by atoms with E-state index in [0.29, 0.717) is 19.5 Å². The van der Waals surface area contributed by atoms with Crippen molar-refractivity contribution in [3.05, 3.63) is 65.2 Å². The number of hydrogen-bond donors (Lipinski definition) is 1. The summed E-state index contributed by atoms with van der Waals surface area (Å²) in [6.07, 6.45) is 0.423. The average Bonchev–Trinajstić information content (AvgIpc) is 2.51. The number of likely N-dealkylation sites (N-methyl/N-ethyl adjacent to an activating group) is 1. The number of hydrogen-bond acceptors (Lipinski definition) is 2. The lowest BCUT2D eigenvalue weighted by Crippen LogP contribution is -2.32. The molecule has 0 unspecified atom stereocenters. The highest BCUT2D eigenvalue weighted by Gasteiger charge is 2.14. The molecule has 3 nitrogen and oxygen atoms in total. The van der Waals surface area contributed by atoms with E-state index in [4.69, 9.17) is 5.73 Å². The highest BCUT2D eigenvalue weighted by molar-refractivity contribution is 5.94. The van der Waals surface area contributed by atoms with Crippen LogP contribution in [-0.4, -0.2) is 12.5 Å². The minimum Gasteiger partial charge on any atom is -0.326 e. The molecule has 0 aliphatic heterocycles. The zero-order valence-electron chi connectivity index (χ0n) is 12.7. The van der Waals surface area contributed by atoms with Gasteiger partial charge in [0, 0.05) is 18.8 Å². The van der Waals surface area contributed by atoms with Gasteiger partial charge in [-0.15, -0.1) is 0 Å². The summed E-state index contributed by atoms with van der Waals surface area (Å²) in [5.41, 5.74) is 9.84. The molecule has 2 N–H and O–H groups in total. The Balaban J connectivity index is 2.12. The second-order valence-electron chi connectivity index (χ2n) is 5.17. The van der Waals surface area contributed by atoms with E-state index in [1.165, 1.54) is 5.56 Å². The van der Waals surface area contributed by atoms with E-state index < -0.39 is 0 Å². The molecule has 0 saturated carbocycles. The van der Waals surface area contributed by atoms with E-state index in [2.05, 4.69) is 0 Å². The first-order valence-electron chi connectivity index (χ1n) is 7.29. The minimum absolute atomic E-state index is 0.113. The second-order valence-corrected chi connectivity index (χ2v) is 5.17. The largest absolute Gasteiger partial charge is 0.326 e. The maximum atomic E-state index is 12.5. The van der Waals surface area contributed by atoms with Crippen molar-refractivity contribution in [2.24, 2.45) is 5.73 Å². The molecule has 3 heteroatoms. The van der Waals surface area contributed by atoms with Gasteiger partial charge < -0.3 is 10.6 Å². The molecule has 0 bridgehead atoms. The van der Waals surface area contributed by atoms with Crippen molar-refractivity contribution in [2.45, 2.75) is 26.8 Å². The van der Waals surface area contributed by atoms with Crippen LogP contribution in [-0.2, 0) is 17.8 Å². The summed E-state index contributed by atoms with van der Waals surface area (Å²) in [5.74, 6) is 0.113. The summed E-state index contributed by atoms with van der Waals surface area (Å²) in [6, 6.07) is 16.0. The molecule has 0 saturated heterocycles. The third kappa shape index (κ3) is 3.92. The van der Waals surface area contributed by atoms with Crippen molar-refractivity contribution in [1.29, 1.82) is 0 Å². The molecular weight excluding hydrogens is 260 g/mol. The summed E-state index contributed by atoms with van der Waals surface area (Å²) >= 11 is 0. The minimum atomic E-state index is 0.113. The fourth-order valence-corrected chi connectivity index (χ4v) is 2.29. The number of carbonyl (C=O) groups is 1. The summed E-state index contributed by atoms with van der Waals surface area (Å²) in [6.45, 7) is 5.21. The number of nitrogens with two attached hydrogens (primary N) is 1. The Bertz CT molecular complexity index is 588. The predicted molar refractivity (Wildman–Crippen MR) is 87.2 cm³/mol. The van der Waals surface area contributed by atoms with Crippen LogP contribution in [0.2, 0.25) is 0 Å². The maximum Gasteiger partial charge on any atom is 0.231 e. The number of amides is 1. The third-order valence-corrected chi connectivity index (χ3v) is 3.58. The summed E-state index contributed by atoms with van der Waals surface area (Å²) in [5, 5.41) is 0. The van der Waals surface area contributed by atoms with Gasteiger partial charge in [0.2, 0.25) is 5.91 Å². The molecule has 2 aromatic rings. The number of rotatable bonds is 5. The van der Waals surface area contributed by atoms with Crippen LogP contribution in [0.3, 0.4) is 0 Å². The van der Waals surface area contributed by atoms with Crippen LogP contribution in [0, 0.1) is 6.92 Å². The van der Waals surface area contributed by atoms with Crippen molar-refractivity contribution in [3.8, 4) is 0 Å². The van der Waals surface area contributed by atoms with Gasteiger partial charge >= 0.3 is 0 Å². The highest BCUT2D eigenvalue weighted by atomic mass is 16.2. The van der Waals surface area contributed by atoms with Crippen molar-refractivity contribution < 1.29 is 4.79 Å². The fraction of sp³-hybridized carbons (Fsp3) is 0.278. The van der Waals surface area contributed by atoms with Crippen LogP contribution >= 0.6 is 0 Å². The molecule has 0 aromatic heterocycles. The van der Waals surface area contributed by atoms with E-state index in [1.807, 2.05) is 62.4 Å². The van der Waals surface area contributed by atoms with Gasteiger partial charge in [0.1, 0.15) is 0 Å². The van der Waals surface area contributed by atoms with Crippen molar-refractivity contribution in [2.75, 3.05) is 11.4 Å². The molecule has 110 valence electrons. The normalized spacial score (nSPS) is 10.4. The average molecular weight is 282 g/mol. The van der Waals surface area contributed by atoms with E-state index >= 15 is 0 Å². The lowest BCUT2D eigenvalue weighted by Gasteiger charge is -2.21. The van der Waals surface area contributed by atoms with Gasteiger partial charge in [-0.05, 0) is 37.1 Å². The smallest absolute Gasteiger partial charge is 0.231 e. The first kappa shape index (κ1) is 15.3. The molecule has 0 radical (unpaired) electrons. The van der Waals surface area contributed by atoms with Crippen LogP contribution in [0.15, 0.2) is 48.5 Å². The molecule has 21 heavy (non-hydrogen) atoms. The Morgan fingerprint density at radius 2 is 1.57 bits per heavy atom. The molecule has 1 amide bonds. The summed E-state index contributed by atoms with van der Waals surface area (Å²) < 4.78 is 0. The SMILES string of the molecule is CCN(C(=O)Cc1ccc(C)cc1)c1ccc(CN)cc1. The molecule has 0 spiro atoms. The van der Waals surface area contributed by atoms with E-state index in [1.54, 1.807) is 4.90 Å². The number of nitrogens with zero attached hydrogens (tertiary/aromatic N) is 1. The molecule has 0 fully saturated rings.